The van der Waals surface area contributed by atoms with Gasteiger partial charge in [-0.1, -0.05) is 37.3 Å². The lowest BCUT2D eigenvalue weighted by Crippen LogP contribution is -2.09. The molecule has 0 aliphatic rings. The van der Waals surface area contributed by atoms with E-state index in [9.17, 15) is 0 Å². The molecule has 0 N–H and O–H groups in total. The molecule has 0 amide bonds. The summed E-state index contributed by atoms with van der Waals surface area (Å²) in [6.45, 7) is 3.02. The quantitative estimate of drug-likeness (QED) is 0.760. The Labute approximate surface area is 88.9 Å². The summed E-state index contributed by atoms with van der Waals surface area (Å²) in [4.78, 5) is 0. The summed E-state index contributed by atoms with van der Waals surface area (Å²) in [5, 5.41) is 11.2. The van der Waals surface area contributed by atoms with Gasteiger partial charge >= 0.3 is 0 Å². The molecular weight excluding hydrogens is 188 g/mol. The van der Waals surface area contributed by atoms with Crippen LogP contribution < -0.4 is 0 Å². The van der Waals surface area contributed by atoms with Crippen LogP contribution in [-0.4, -0.2) is 20.2 Å². The third-order valence-electron chi connectivity index (χ3n) is 2.56. The van der Waals surface area contributed by atoms with Crippen LogP contribution in [0.3, 0.4) is 0 Å². The topological polar surface area (TPSA) is 43.6 Å². The molecule has 0 saturated heterocycles. The Kier molecular flexibility index (Phi) is 3.07. The summed E-state index contributed by atoms with van der Waals surface area (Å²) in [5.41, 5.74) is 1.34. The van der Waals surface area contributed by atoms with Crippen molar-refractivity contribution in [3.05, 3.63) is 42.2 Å². The number of nitrogens with zero attached hydrogens (tertiary/aromatic N) is 4. The molecule has 2 aromatic rings. The molecule has 4 nitrogen and oxygen atoms in total. The van der Waals surface area contributed by atoms with E-state index in [0.717, 1.165) is 13.0 Å². The highest BCUT2D eigenvalue weighted by atomic mass is 15.5. The smallest absolute Gasteiger partial charge is 0.138 e. The zero-order valence-corrected chi connectivity index (χ0v) is 8.74. The lowest BCUT2D eigenvalue weighted by molar-refractivity contribution is 0.492. The molecule has 1 atom stereocenters. The van der Waals surface area contributed by atoms with Gasteiger partial charge in [-0.25, -0.2) is 4.68 Å². The van der Waals surface area contributed by atoms with Crippen LogP contribution in [0.1, 0.15) is 24.8 Å². The Hall–Kier alpha value is -1.71. The number of rotatable bonds is 4. The second-order valence-electron chi connectivity index (χ2n) is 3.55. The lowest BCUT2D eigenvalue weighted by atomic mass is 9.97. The third kappa shape index (κ3) is 2.40. The first kappa shape index (κ1) is 9.83. The molecule has 15 heavy (non-hydrogen) atoms. The average Bonchev–Trinajstić information content (AvgIpc) is 2.80. The van der Waals surface area contributed by atoms with Gasteiger partial charge in [0.25, 0.3) is 0 Å². The molecule has 1 unspecified atom stereocenters. The monoisotopic (exact) mass is 202 g/mol. The predicted octanol–water partition coefficient (Wildman–Crippen LogP) is 1.87. The Morgan fingerprint density at radius 3 is 2.67 bits per heavy atom. The summed E-state index contributed by atoms with van der Waals surface area (Å²) >= 11 is 0. The summed E-state index contributed by atoms with van der Waals surface area (Å²) in [6, 6.07) is 10.5. The predicted molar refractivity (Wildman–Crippen MR) is 57.3 cm³/mol. The van der Waals surface area contributed by atoms with E-state index in [1.165, 1.54) is 5.56 Å². The number of tetrazole rings is 1. The normalized spacial score (nSPS) is 12.6. The summed E-state index contributed by atoms with van der Waals surface area (Å²) < 4.78 is 1.78. The minimum absolute atomic E-state index is 0.481. The fourth-order valence-electron chi connectivity index (χ4n) is 1.69. The van der Waals surface area contributed by atoms with E-state index < -0.39 is 0 Å². The molecule has 4 heteroatoms. The molecular formula is C11H14N4. The Morgan fingerprint density at radius 1 is 1.27 bits per heavy atom. The van der Waals surface area contributed by atoms with Crippen LogP contribution in [0, 0.1) is 0 Å². The van der Waals surface area contributed by atoms with E-state index in [-0.39, 0.29) is 0 Å². The number of aromatic nitrogens is 4. The van der Waals surface area contributed by atoms with E-state index >= 15 is 0 Å². The van der Waals surface area contributed by atoms with Gasteiger partial charge in [0.2, 0.25) is 0 Å². The molecule has 0 bridgehead atoms. The van der Waals surface area contributed by atoms with Crippen LogP contribution in [0.15, 0.2) is 36.7 Å². The fourth-order valence-corrected chi connectivity index (χ4v) is 1.69. The average molecular weight is 202 g/mol. The molecule has 2 rings (SSSR count). The first-order valence-electron chi connectivity index (χ1n) is 5.16. The van der Waals surface area contributed by atoms with Crippen molar-refractivity contribution in [2.24, 2.45) is 0 Å². The van der Waals surface area contributed by atoms with Gasteiger partial charge in [0.1, 0.15) is 6.33 Å². The molecule has 0 aliphatic carbocycles. The van der Waals surface area contributed by atoms with Gasteiger partial charge < -0.3 is 0 Å². The van der Waals surface area contributed by atoms with Crippen molar-refractivity contribution in [3.63, 3.8) is 0 Å². The van der Waals surface area contributed by atoms with Crippen molar-refractivity contribution in [2.75, 3.05) is 0 Å². The lowest BCUT2D eigenvalue weighted by Gasteiger charge is -2.14. The van der Waals surface area contributed by atoms with Gasteiger partial charge in [-0.2, -0.15) is 0 Å². The van der Waals surface area contributed by atoms with Crippen LogP contribution in [0.5, 0.6) is 0 Å². The second kappa shape index (κ2) is 4.68. The zero-order valence-electron chi connectivity index (χ0n) is 8.74. The molecule has 1 heterocycles. The van der Waals surface area contributed by atoms with E-state index in [1.807, 2.05) is 6.07 Å². The van der Waals surface area contributed by atoms with Crippen LogP contribution in [0.25, 0.3) is 0 Å². The molecule has 1 aromatic heterocycles. The zero-order chi connectivity index (χ0) is 10.5. The maximum Gasteiger partial charge on any atom is 0.138 e. The van der Waals surface area contributed by atoms with E-state index in [4.69, 9.17) is 0 Å². The fraction of sp³-hybridized carbons (Fsp3) is 0.364. The van der Waals surface area contributed by atoms with Crippen molar-refractivity contribution in [1.82, 2.24) is 20.2 Å². The van der Waals surface area contributed by atoms with E-state index in [2.05, 4.69) is 46.7 Å². The van der Waals surface area contributed by atoms with Crippen molar-refractivity contribution < 1.29 is 0 Å². The number of benzene rings is 1. The van der Waals surface area contributed by atoms with Gasteiger partial charge in [-0.3, -0.25) is 0 Å². The highest BCUT2D eigenvalue weighted by Gasteiger charge is 2.09. The van der Waals surface area contributed by atoms with Gasteiger partial charge in [0, 0.05) is 5.92 Å². The molecule has 1 aromatic carbocycles. The minimum atomic E-state index is 0.481. The first-order chi connectivity index (χ1) is 7.40. The molecule has 0 radical (unpaired) electrons. The maximum atomic E-state index is 3.89. The second-order valence-corrected chi connectivity index (χ2v) is 3.55. The SMILES string of the molecule is CCC(Cn1cnnn1)c1ccccc1. The number of hydrogen-bond donors (Lipinski definition) is 0. The molecule has 0 fully saturated rings. The number of hydrogen-bond acceptors (Lipinski definition) is 3. The van der Waals surface area contributed by atoms with Crippen molar-refractivity contribution in [3.8, 4) is 0 Å². The molecule has 0 aliphatic heterocycles. The Morgan fingerprint density at radius 2 is 2.07 bits per heavy atom. The largest absolute Gasteiger partial charge is 0.232 e. The maximum absolute atomic E-state index is 3.89. The summed E-state index contributed by atoms with van der Waals surface area (Å²) in [7, 11) is 0. The van der Waals surface area contributed by atoms with Crippen molar-refractivity contribution >= 4 is 0 Å². The molecule has 78 valence electrons. The van der Waals surface area contributed by atoms with Gasteiger partial charge in [0.05, 0.1) is 6.54 Å². The minimum Gasteiger partial charge on any atom is -0.232 e. The van der Waals surface area contributed by atoms with Crippen molar-refractivity contribution in [2.45, 2.75) is 25.8 Å². The Balaban J connectivity index is 2.12. The van der Waals surface area contributed by atoms with Gasteiger partial charge in [0.15, 0.2) is 0 Å². The van der Waals surface area contributed by atoms with Crippen molar-refractivity contribution in [1.29, 1.82) is 0 Å². The third-order valence-corrected chi connectivity index (χ3v) is 2.56. The summed E-state index contributed by atoms with van der Waals surface area (Å²) in [6.07, 6.45) is 2.75. The Bertz CT molecular complexity index is 382. The standard InChI is InChI=1S/C11H14N4/c1-2-10(8-15-9-12-13-14-15)11-6-4-3-5-7-11/h3-7,9-10H,2,8H2,1H3. The van der Waals surface area contributed by atoms with Crippen LogP contribution in [0.4, 0.5) is 0 Å². The van der Waals surface area contributed by atoms with E-state index in [1.54, 1.807) is 11.0 Å². The summed E-state index contributed by atoms with van der Waals surface area (Å²) in [5.74, 6) is 0.481. The molecule has 0 spiro atoms. The first-order valence-corrected chi connectivity index (χ1v) is 5.16. The van der Waals surface area contributed by atoms with Crippen LogP contribution >= 0.6 is 0 Å². The highest BCUT2D eigenvalue weighted by Crippen LogP contribution is 2.20. The van der Waals surface area contributed by atoms with Gasteiger partial charge in [-0.05, 0) is 22.4 Å². The van der Waals surface area contributed by atoms with E-state index in [0.29, 0.717) is 5.92 Å². The molecule has 0 saturated carbocycles. The van der Waals surface area contributed by atoms with Crippen LogP contribution in [0.2, 0.25) is 0 Å². The van der Waals surface area contributed by atoms with Crippen LogP contribution in [-0.2, 0) is 6.54 Å². The highest BCUT2D eigenvalue weighted by molar-refractivity contribution is 5.19. The van der Waals surface area contributed by atoms with Gasteiger partial charge in [-0.15, -0.1) is 5.10 Å².